The summed E-state index contributed by atoms with van der Waals surface area (Å²) in [5.74, 6) is -3.46. The summed E-state index contributed by atoms with van der Waals surface area (Å²) in [6.45, 7) is 0. The summed E-state index contributed by atoms with van der Waals surface area (Å²) in [6, 6.07) is 5.89. The second-order valence-corrected chi connectivity index (χ2v) is 5.35. The zero-order valence-corrected chi connectivity index (χ0v) is 9.69. The van der Waals surface area contributed by atoms with E-state index in [-0.39, 0.29) is 5.56 Å². The second-order valence-electron chi connectivity index (χ2n) is 3.44. The number of aromatic nitrogens is 2. The first-order valence-corrected chi connectivity index (χ1v) is 6.36. The minimum atomic E-state index is -4.60. The number of rotatable bonds is 3. The second kappa shape index (κ2) is 4.37. The molecule has 1 aromatic carbocycles. The van der Waals surface area contributed by atoms with Crippen LogP contribution in [0.1, 0.15) is 0 Å². The van der Waals surface area contributed by atoms with Crippen molar-refractivity contribution >= 4 is 9.84 Å². The predicted octanol–water partition coefficient (Wildman–Crippen LogP) is 1.16. The first-order valence-electron chi connectivity index (χ1n) is 4.82. The number of aromatic amines is 1. The smallest absolute Gasteiger partial charge is 0.298 e. The van der Waals surface area contributed by atoms with E-state index in [9.17, 15) is 22.0 Å². The third-order valence-electron chi connectivity index (χ3n) is 2.31. The van der Waals surface area contributed by atoms with Gasteiger partial charge in [-0.15, -0.1) is 0 Å². The Hall–Kier alpha value is -1.96. The number of alkyl halides is 2. The highest BCUT2D eigenvalue weighted by molar-refractivity contribution is 7.91. The summed E-state index contributed by atoms with van der Waals surface area (Å²) < 4.78 is 48.1. The minimum Gasteiger partial charge on any atom is -0.298 e. The molecule has 1 N–H and O–H groups in total. The lowest BCUT2D eigenvalue weighted by atomic mass is 10.3. The van der Waals surface area contributed by atoms with Crippen LogP contribution in [0.3, 0.4) is 0 Å². The van der Waals surface area contributed by atoms with Crippen molar-refractivity contribution < 1.29 is 17.2 Å². The van der Waals surface area contributed by atoms with Gasteiger partial charge in [0, 0.05) is 12.3 Å². The van der Waals surface area contributed by atoms with Gasteiger partial charge in [0.15, 0.2) is 0 Å². The normalized spacial score (nSPS) is 11.9. The molecular weight excluding hydrogens is 266 g/mol. The third-order valence-corrected chi connectivity index (χ3v) is 3.71. The molecule has 0 aliphatic carbocycles. The van der Waals surface area contributed by atoms with Crippen LogP contribution in [0.15, 0.2) is 46.2 Å². The van der Waals surface area contributed by atoms with Gasteiger partial charge in [0.2, 0.25) is 9.84 Å². The Morgan fingerprint density at radius 2 is 1.72 bits per heavy atom. The van der Waals surface area contributed by atoms with E-state index >= 15 is 0 Å². The first-order chi connectivity index (χ1) is 8.43. The molecule has 0 saturated heterocycles. The Kier molecular flexibility index (Phi) is 3.04. The lowest BCUT2D eigenvalue weighted by molar-refractivity contribution is 0.234. The van der Waals surface area contributed by atoms with Gasteiger partial charge in [-0.1, -0.05) is 0 Å². The van der Waals surface area contributed by atoms with Crippen molar-refractivity contribution in [1.82, 2.24) is 9.78 Å². The van der Waals surface area contributed by atoms with Crippen LogP contribution in [-0.4, -0.2) is 24.0 Å². The van der Waals surface area contributed by atoms with Crippen LogP contribution in [0.25, 0.3) is 5.69 Å². The lowest BCUT2D eigenvalue weighted by Crippen LogP contribution is -2.14. The minimum absolute atomic E-state index is 0.334. The van der Waals surface area contributed by atoms with Gasteiger partial charge in [-0.3, -0.25) is 9.89 Å². The molecule has 0 atom stereocenters. The summed E-state index contributed by atoms with van der Waals surface area (Å²) in [4.78, 5) is 10.8. The van der Waals surface area contributed by atoms with Gasteiger partial charge >= 0.3 is 5.76 Å². The quantitative estimate of drug-likeness (QED) is 0.913. The number of hydrogen-bond donors (Lipinski definition) is 1. The monoisotopic (exact) mass is 274 g/mol. The van der Waals surface area contributed by atoms with Gasteiger partial charge in [-0.05, 0) is 24.3 Å². The Labute approximate surface area is 101 Å². The van der Waals surface area contributed by atoms with Gasteiger partial charge in [0.1, 0.15) is 0 Å². The number of sulfone groups is 1. The van der Waals surface area contributed by atoms with Crippen molar-refractivity contribution in [2.75, 3.05) is 0 Å². The zero-order chi connectivity index (χ0) is 13.3. The molecule has 0 aliphatic rings. The van der Waals surface area contributed by atoms with E-state index in [1.807, 2.05) is 0 Å². The average Bonchev–Trinajstić information content (AvgIpc) is 2.75. The first kappa shape index (κ1) is 12.5. The Balaban J connectivity index is 2.44. The number of nitrogens with one attached hydrogen (secondary N) is 1. The summed E-state index contributed by atoms with van der Waals surface area (Å²) in [7, 11) is -4.60. The van der Waals surface area contributed by atoms with Crippen LogP contribution in [0, 0.1) is 0 Å². The maximum atomic E-state index is 12.3. The maximum absolute atomic E-state index is 12.3. The van der Waals surface area contributed by atoms with Crippen molar-refractivity contribution in [3.05, 3.63) is 46.9 Å². The highest BCUT2D eigenvalue weighted by atomic mass is 32.2. The molecule has 5 nitrogen and oxygen atoms in total. The van der Waals surface area contributed by atoms with Crippen LogP contribution >= 0.6 is 0 Å². The van der Waals surface area contributed by atoms with E-state index < -0.39 is 20.5 Å². The van der Waals surface area contributed by atoms with Crippen molar-refractivity contribution in [2.45, 2.75) is 10.7 Å². The fourth-order valence-electron chi connectivity index (χ4n) is 1.41. The molecule has 0 spiro atoms. The highest BCUT2D eigenvalue weighted by Crippen LogP contribution is 2.19. The SMILES string of the molecule is O=c1cc[nH]n1-c1ccc(S(=O)(=O)C(F)F)cc1. The molecule has 0 radical (unpaired) electrons. The molecule has 8 heteroatoms. The van der Waals surface area contributed by atoms with Crippen molar-refractivity contribution in [3.63, 3.8) is 0 Å². The molecule has 1 aromatic heterocycles. The average molecular weight is 274 g/mol. The molecule has 96 valence electrons. The van der Waals surface area contributed by atoms with E-state index in [1.165, 1.54) is 24.4 Å². The van der Waals surface area contributed by atoms with E-state index in [4.69, 9.17) is 0 Å². The fourth-order valence-corrected chi connectivity index (χ4v) is 2.13. The van der Waals surface area contributed by atoms with Crippen molar-refractivity contribution in [3.8, 4) is 5.69 Å². The van der Waals surface area contributed by atoms with Gasteiger partial charge in [0.05, 0.1) is 10.6 Å². The van der Waals surface area contributed by atoms with E-state index in [1.54, 1.807) is 0 Å². The van der Waals surface area contributed by atoms with E-state index in [0.29, 0.717) is 5.69 Å². The molecule has 0 amide bonds. The Morgan fingerprint density at radius 1 is 1.11 bits per heavy atom. The van der Waals surface area contributed by atoms with Gasteiger partial charge in [0.25, 0.3) is 5.56 Å². The number of benzene rings is 1. The molecule has 0 unspecified atom stereocenters. The summed E-state index contributed by atoms with van der Waals surface area (Å²) >= 11 is 0. The molecule has 0 fully saturated rings. The number of H-pyrrole nitrogens is 1. The standard InChI is InChI=1S/C10H8F2N2O3S/c11-10(12)18(16,17)8-3-1-7(2-4-8)14-9(15)5-6-13-14/h1-6,10,13H. The summed E-state index contributed by atoms with van der Waals surface area (Å²) in [6.07, 6.45) is 1.41. The predicted molar refractivity (Wildman–Crippen MR) is 59.6 cm³/mol. The van der Waals surface area contributed by atoms with Gasteiger partial charge < -0.3 is 0 Å². The zero-order valence-electron chi connectivity index (χ0n) is 8.88. The van der Waals surface area contributed by atoms with Gasteiger partial charge in [-0.2, -0.15) is 8.78 Å². The van der Waals surface area contributed by atoms with Crippen LogP contribution in [0.4, 0.5) is 8.78 Å². The molecule has 18 heavy (non-hydrogen) atoms. The summed E-state index contributed by atoms with van der Waals surface area (Å²) in [5, 5.41) is 2.61. The molecular formula is C10H8F2N2O3S. The van der Waals surface area contributed by atoms with Crippen LogP contribution in [0.2, 0.25) is 0 Å². The largest absolute Gasteiger partial charge is 0.341 e. The van der Waals surface area contributed by atoms with E-state index in [0.717, 1.165) is 16.8 Å². The Morgan fingerprint density at radius 3 is 2.17 bits per heavy atom. The van der Waals surface area contributed by atoms with Crippen LogP contribution in [0.5, 0.6) is 0 Å². The van der Waals surface area contributed by atoms with Crippen molar-refractivity contribution in [2.24, 2.45) is 0 Å². The molecule has 0 saturated carbocycles. The third kappa shape index (κ3) is 2.06. The molecule has 0 bridgehead atoms. The lowest BCUT2D eigenvalue weighted by Gasteiger charge is -2.05. The topological polar surface area (TPSA) is 71.9 Å². The molecule has 2 rings (SSSR count). The molecule has 1 heterocycles. The molecule has 0 aliphatic heterocycles. The van der Waals surface area contributed by atoms with E-state index in [2.05, 4.69) is 5.10 Å². The number of halogens is 2. The maximum Gasteiger partial charge on any atom is 0.341 e. The van der Waals surface area contributed by atoms with Crippen LogP contribution < -0.4 is 5.56 Å². The fraction of sp³-hybridized carbons (Fsp3) is 0.100. The van der Waals surface area contributed by atoms with Crippen LogP contribution in [-0.2, 0) is 9.84 Å². The van der Waals surface area contributed by atoms with Gasteiger partial charge in [-0.25, -0.2) is 13.1 Å². The highest BCUT2D eigenvalue weighted by Gasteiger charge is 2.26. The summed E-state index contributed by atoms with van der Waals surface area (Å²) in [5.41, 5.74) is 0.0256. The number of hydrogen-bond acceptors (Lipinski definition) is 3. The van der Waals surface area contributed by atoms with Crippen molar-refractivity contribution in [1.29, 1.82) is 0 Å². The number of nitrogens with zero attached hydrogens (tertiary/aromatic N) is 1. The Bertz CT molecular complexity index is 701. The molecule has 2 aromatic rings.